The van der Waals surface area contributed by atoms with Gasteiger partial charge >= 0.3 is 0 Å². The van der Waals surface area contributed by atoms with Crippen molar-refractivity contribution in [1.82, 2.24) is 19.3 Å². The highest BCUT2D eigenvalue weighted by Gasteiger charge is 2.17. The standard InChI is InChI=1S/C29H32N6/c1-4-21(2)27-19-33-29-26(31-13-12-22-17-32-25-11-7-6-10-24(22)25)16-23(20-35(27)29)28(18-30-3)34-14-8-5-9-15-34/h5-11,14,16-21,31-32H,3-4,12-13,15H2,1-2H3/b28-18-. The van der Waals surface area contributed by atoms with Crippen molar-refractivity contribution in [3.8, 4) is 0 Å². The summed E-state index contributed by atoms with van der Waals surface area (Å²) in [5.74, 6) is 0.405. The van der Waals surface area contributed by atoms with Gasteiger partial charge in [0.25, 0.3) is 0 Å². The number of allylic oxidation sites excluding steroid dienone is 2. The smallest absolute Gasteiger partial charge is 0.160 e. The zero-order valence-corrected chi connectivity index (χ0v) is 20.4. The average Bonchev–Trinajstić information content (AvgIpc) is 3.52. The molecule has 4 heterocycles. The molecule has 1 aliphatic heterocycles. The van der Waals surface area contributed by atoms with Gasteiger partial charge in [-0.3, -0.25) is 4.99 Å². The fourth-order valence-electron chi connectivity index (χ4n) is 4.67. The molecule has 6 nitrogen and oxygen atoms in total. The Labute approximate surface area is 206 Å². The molecular formula is C29H32N6. The Kier molecular flexibility index (Phi) is 6.53. The molecule has 0 saturated heterocycles. The van der Waals surface area contributed by atoms with Crippen LogP contribution in [-0.4, -0.2) is 39.1 Å². The van der Waals surface area contributed by atoms with Crippen molar-refractivity contribution in [3.63, 3.8) is 0 Å². The minimum atomic E-state index is 0.405. The first-order valence-corrected chi connectivity index (χ1v) is 12.3. The molecule has 1 aliphatic rings. The van der Waals surface area contributed by atoms with Gasteiger partial charge < -0.3 is 19.6 Å². The molecule has 4 aromatic rings. The SMILES string of the molecule is C=N/C=C(/c1cc(NCCc2c[nH]c3ccccc23)c2ncc(C(C)CC)n2c1)N1C=CC=CC1. The first-order chi connectivity index (χ1) is 17.2. The maximum absolute atomic E-state index is 4.81. The number of pyridine rings is 1. The van der Waals surface area contributed by atoms with E-state index >= 15 is 0 Å². The van der Waals surface area contributed by atoms with Crippen molar-refractivity contribution in [1.29, 1.82) is 0 Å². The number of hydrogen-bond acceptors (Lipinski definition) is 4. The number of para-hydroxylation sites is 1. The molecule has 0 bridgehead atoms. The van der Waals surface area contributed by atoms with Gasteiger partial charge in [-0.25, -0.2) is 4.98 Å². The number of H-pyrrole nitrogens is 1. The van der Waals surface area contributed by atoms with Crippen LogP contribution in [-0.2, 0) is 6.42 Å². The van der Waals surface area contributed by atoms with Gasteiger partial charge in [0, 0.05) is 60.0 Å². The van der Waals surface area contributed by atoms with E-state index in [0.717, 1.165) is 48.5 Å². The van der Waals surface area contributed by atoms with Crippen LogP contribution in [0.5, 0.6) is 0 Å². The number of hydrogen-bond donors (Lipinski definition) is 2. The summed E-state index contributed by atoms with van der Waals surface area (Å²) >= 11 is 0. The number of aromatic amines is 1. The summed E-state index contributed by atoms with van der Waals surface area (Å²) in [6, 6.07) is 10.6. The number of nitrogens with one attached hydrogen (secondary N) is 2. The lowest BCUT2D eigenvalue weighted by atomic mass is 10.1. The second-order valence-electron chi connectivity index (χ2n) is 8.98. The van der Waals surface area contributed by atoms with E-state index in [1.807, 2.05) is 18.5 Å². The molecular weight excluding hydrogens is 432 g/mol. The fourth-order valence-corrected chi connectivity index (χ4v) is 4.67. The fraction of sp³-hybridized carbons (Fsp3) is 0.241. The number of aromatic nitrogens is 3. The highest BCUT2D eigenvalue weighted by Crippen LogP contribution is 2.30. The number of imidazole rings is 1. The summed E-state index contributed by atoms with van der Waals surface area (Å²) in [7, 11) is 0. The number of aliphatic imine (C=N–C) groups is 1. The molecule has 0 spiro atoms. The molecule has 0 saturated carbocycles. The van der Waals surface area contributed by atoms with Crippen molar-refractivity contribution >= 4 is 34.7 Å². The van der Waals surface area contributed by atoms with E-state index in [1.165, 1.54) is 22.2 Å². The Balaban J connectivity index is 1.50. The molecule has 1 unspecified atom stereocenters. The van der Waals surface area contributed by atoms with E-state index < -0.39 is 0 Å². The average molecular weight is 465 g/mol. The van der Waals surface area contributed by atoms with Crippen LogP contribution in [0.4, 0.5) is 5.69 Å². The van der Waals surface area contributed by atoms with E-state index in [1.54, 1.807) is 0 Å². The third kappa shape index (κ3) is 4.52. The number of benzene rings is 1. The van der Waals surface area contributed by atoms with E-state index in [9.17, 15) is 0 Å². The Morgan fingerprint density at radius 2 is 2.20 bits per heavy atom. The largest absolute Gasteiger partial charge is 0.382 e. The van der Waals surface area contributed by atoms with E-state index in [4.69, 9.17) is 4.98 Å². The Bertz CT molecular complexity index is 1430. The lowest BCUT2D eigenvalue weighted by Crippen LogP contribution is -2.18. The van der Waals surface area contributed by atoms with Crippen LogP contribution in [0.1, 0.15) is 43.0 Å². The minimum absolute atomic E-state index is 0.405. The molecule has 178 valence electrons. The summed E-state index contributed by atoms with van der Waals surface area (Å²) in [5.41, 5.74) is 7.74. The first-order valence-electron chi connectivity index (χ1n) is 12.3. The summed E-state index contributed by atoms with van der Waals surface area (Å²) in [6.07, 6.45) is 18.4. The molecule has 0 fully saturated rings. The van der Waals surface area contributed by atoms with Gasteiger partial charge in [-0.1, -0.05) is 44.2 Å². The van der Waals surface area contributed by atoms with Gasteiger partial charge in [-0.05, 0) is 49.2 Å². The molecule has 2 N–H and O–H groups in total. The zero-order valence-electron chi connectivity index (χ0n) is 20.4. The molecule has 0 radical (unpaired) electrons. The molecule has 35 heavy (non-hydrogen) atoms. The molecule has 1 atom stereocenters. The van der Waals surface area contributed by atoms with Crippen molar-refractivity contribution in [2.24, 2.45) is 4.99 Å². The van der Waals surface area contributed by atoms with Gasteiger partial charge in [0.15, 0.2) is 5.65 Å². The van der Waals surface area contributed by atoms with Crippen LogP contribution < -0.4 is 5.32 Å². The topological polar surface area (TPSA) is 60.7 Å². The van der Waals surface area contributed by atoms with Crippen molar-refractivity contribution in [3.05, 3.63) is 96.4 Å². The molecule has 5 rings (SSSR count). The van der Waals surface area contributed by atoms with Gasteiger partial charge in [0.2, 0.25) is 0 Å². The number of rotatable bonds is 9. The van der Waals surface area contributed by atoms with E-state index in [2.05, 4.69) is 106 Å². The van der Waals surface area contributed by atoms with Crippen LogP contribution in [0.3, 0.4) is 0 Å². The molecule has 3 aromatic heterocycles. The predicted molar refractivity (Wildman–Crippen MR) is 147 cm³/mol. The second-order valence-corrected chi connectivity index (χ2v) is 8.98. The second kappa shape index (κ2) is 10.1. The predicted octanol–water partition coefficient (Wildman–Crippen LogP) is 6.37. The third-order valence-corrected chi connectivity index (χ3v) is 6.77. The van der Waals surface area contributed by atoms with Gasteiger partial charge in [0.1, 0.15) is 0 Å². The van der Waals surface area contributed by atoms with Crippen molar-refractivity contribution in [2.45, 2.75) is 32.6 Å². The molecule has 0 aliphatic carbocycles. The summed E-state index contributed by atoms with van der Waals surface area (Å²) in [4.78, 5) is 14.5. The molecule has 1 aromatic carbocycles. The lowest BCUT2D eigenvalue weighted by molar-refractivity contribution is 0.585. The number of nitrogens with zero attached hydrogens (tertiary/aromatic N) is 4. The Morgan fingerprint density at radius 3 is 3.00 bits per heavy atom. The van der Waals surface area contributed by atoms with Crippen molar-refractivity contribution < 1.29 is 0 Å². The molecule has 0 amide bonds. The normalized spacial score (nSPS) is 14.7. The monoisotopic (exact) mass is 464 g/mol. The lowest BCUT2D eigenvalue weighted by Gasteiger charge is -2.24. The Hall–Kier alpha value is -4.06. The van der Waals surface area contributed by atoms with Crippen LogP contribution in [0.2, 0.25) is 0 Å². The summed E-state index contributed by atoms with van der Waals surface area (Å²) in [5, 5.41) is 4.96. The summed E-state index contributed by atoms with van der Waals surface area (Å²) < 4.78 is 2.23. The first kappa shape index (κ1) is 22.7. The number of fused-ring (bicyclic) bond motifs is 2. The van der Waals surface area contributed by atoms with E-state index in [-0.39, 0.29) is 0 Å². The Morgan fingerprint density at radius 1 is 1.31 bits per heavy atom. The third-order valence-electron chi connectivity index (χ3n) is 6.77. The quantitative estimate of drug-likeness (QED) is 0.283. The highest BCUT2D eigenvalue weighted by molar-refractivity contribution is 5.83. The van der Waals surface area contributed by atoms with Crippen LogP contribution >= 0.6 is 0 Å². The van der Waals surface area contributed by atoms with Crippen molar-refractivity contribution in [2.75, 3.05) is 18.4 Å². The summed E-state index contributed by atoms with van der Waals surface area (Å²) in [6.45, 7) is 9.79. The van der Waals surface area contributed by atoms with Gasteiger partial charge in [-0.2, -0.15) is 0 Å². The van der Waals surface area contributed by atoms with Gasteiger partial charge in [-0.15, -0.1) is 0 Å². The van der Waals surface area contributed by atoms with Crippen LogP contribution in [0.15, 0.2) is 84.5 Å². The maximum atomic E-state index is 4.81. The zero-order chi connectivity index (χ0) is 24.2. The highest BCUT2D eigenvalue weighted by atomic mass is 15.1. The minimum Gasteiger partial charge on any atom is -0.382 e. The maximum Gasteiger partial charge on any atom is 0.160 e. The van der Waals surface area contributed by atoms with E-state index in [0.29, 0.717) is 5.92 Å². The van der Waals surface area contributed by atoms with Crippen LogP contribution in [0.25, 0.3) is 22.2 Å². The van der Waals surface area contributed by atoms with Crippen LogP contribution in [0, 0.1) is 0 Å². The van der Waals surface area contributed by atoms with Gasteiger partial charge in [0.05, 0.1) is 17.6 Å². The molecule has 6 heteroatoms. The number of anilines is 1.